The number of hydrogen-bond donors (Lipinski definition) is 13. The number of aromatic nitrogens is 1. The largest absolute Gasteiger partial charge is 0.481 e. The summed E-state index contributed by atoms with van der Waals surface area (Å²) in [5.74, 6) is -12.6. The average Bonchev–Trinajstić information content (AvgIpc) is 3.53. The lowest BCUT2D eigenvalue weighted by Gasteiger charge is -2.26. The first-order valence-corrected chi connectivity index (χ1v) is 17.5. The van der Waals surface area contributed by atoms with Gasteiger partial charge in [-0.15, -0.1) is 0 Å². The molecule has 316 valence electrons. The standard InChI is InChI=1S/C34H47N11O13/c1-14(35)29(53)41-19(7-8-26(48)49)31(55)45-22(11-25(37)47)33(57)44-21(9-16-13-39-18-6-4-3-5-17(16)18)32(56)40-15(2)30(54)43-23(12-27(50)51)34(58)42-20(28(38)52)10-24(36)46/h3-6,13-15,19-23,39H,7-12,35H2,1-2H3,(H2,36,46)(H2,37,47)(H2,38,52)(H,40,56)(H,41,53)(H,42,58)(H,43,54)(H,44,57)(H,45,55)(H,48,49)(H,50,51)/t14-,15-,19-,20-,21-,22-,23-/m0/s1. The van der Waals surface area contributed by atoms with Gasteiger partial charge in [0.15, 0.2) is 0 Å². The van der Waals surface area contributed by atoms with E-state index in [4.69, 9.17) is 28.0 Å². The van der Waals surface area contributed by atoms with Gasteiger partial charge in [-0.3, -0.25) is 52.7 Å². The van der Waals surface area contributed by atoms with Crippen molar-refractivity contribution in [2.75, 3.05) is 0 Å². The normalized spacial score (nSPS) is 14.5. The van der Waals surface area contributed by atoms with Crippen LogP contribution in [0.15, 0.2) is 30.5 Å². The van der Waals surface area contributed by atoms with Crippen LogP contribution in [0.3, 0.4) is 0 Å². The number of carboxylic acids is 2. The number of aromatic amines is 1. The second kappa shape index (κ2) is 21.8. The Morgan fingerprint density at radius 2 is 1.09 bits per heavy atom. The molecule has 0 aliphatic heterocycles. The number of carbonyl (C=O) groups excluding carboxylic acids is 9. The molecule has 0 aliphatic rings. The number of carboxylic acid groups (broad SMARTS) is 2. The van der Waals surface area contributed by atoms with Gasteiger partial charge in [0.05, 0.1) is 25.3 Å². The van der Waals surface area contributed by atoms with Crippen molar-refractivity contribution >= 4 is 76.0 Å². The number of H-pyrrole nitrogens is 1. The van der Waals surface area contributed by atoms with E-state index in [1.807, 2.05) is 5.32 Å². The van der Waals surface area contributed by atoms with Crippen LogP contribution < -0.4 is 54.8 Å². The van der Waals surface area contributed by atoms with E-state index in [1.165, 1.54) is 13.1 Å². The van der Waals surface area contributed by atoms with Crippen LogP contribution in [0.4, 0.5) is 0 Å². The molecule has 7 atom stereocenters. The zero-order valence-corrected chi connectivity index (χ0v) is 31.4. The van der Waals surface area contributed by atoms with Gasteiger partial charge in [0.25, 0.3) is 0 Å². The highest BCUT2D eigenvalue weighted by Crippen LogP contribution is 2.19. The van der Waals surface area contributed by atoms with Gasteiger partial charge < -0.3 is 70.0 Å². The molecule has 0 saturated carbocycles. The Morgan fingerprint density at radius 3 is 1.64 bits per heavy atom. The minimum Gasteiger partial charge on any atom is -0.481 e. The predicted octanol–water partition coefficient (Wildman–Crippen LogP) is -5.44. The number of aliphatic carboxylic acids is 2. The molecule has 0 bridgehead atoms. The Morgan fingerprint density at radius 1 is 0.603 bits per heavy atom. The Balaban J connectivity index is 2.39. The monoisotopic (exact) mass is 817 g/mol. The van der Waals surface area contributed by atoms with E-state index in [0.717, 1.165) is 6.92 Å². The van der Waals surface area contributed by atoms with Crippen LogP contribution in [-0.2, 0) is 59.2 Å². The summed E-state index contributed by atoms with van der Waals surface area (Å²) >= 11 is 0. The molecule has 24 heteroatoms. The Hall–Kier alpha value is -7.11. The molecule has 1 aromatic carbocycles. The molecule has 0 unspecified atom stereocenters. The molecule has 9 amide bonds. The summed E-state index contributed by atoms with van der Waals surface area (Å²) in [5, 5.41) is 32.6. The van der Waals surface area contributed by atoms with Crippen LogP contribution in [0.5, 0.6) is 0 Å². The lowest BCUT2D eigenvalue weighted by Crippen LogP contribution is -2.60. The molecule has 24 nitrogen and oxygen atoms in total. The molecule has 0 aliphatic carbocycles. The number of hydrogen-bond acceptors (Lipinski definition) is 12. The van der Waals surface area contributed by atoms with E-state index in [0.29, 0.717) is 16.5 Å². The van der Waals surface area contributed by atoms with Gasteiger partial charge in [-0.2, -0.15) is 0 Å². The van der Waals surface area contributed by atoms with Gasteiger partial charge >= 0.3 is 11.9 Å². The molecule has 0 radical (unpaired) electrons. The van der Waals surface area contributed by atoms with Crippen molar-refractivity contribution in [1.29, 1.82) is 0 Å². The van der Waals surface area contributed by atoms with E-state index in [-0.39, 0.29) is 6.42 Å². The first-order chi connectivity index (χ1) is 27.1. The molecule has 0 saturated heterocycles. The van der Waals surface area contributed by atoms with Crippen molar-refractivity contribution < 1.29 is 63.0 Å². The van der Waals surface area contributed by atoms with Gasteiger partial charge in [0.1, 0.15) is 36.3 Å². The third kappa shape index (κ3) is 15.2. The maximum atomic E-state index is 13.8. The van der Waals surface area contributed by atoms with Gasteiger partial charge in [0, 0.05) is 29.9 Å². The lowest BCUT2D eigenvalue weighted by molar-refractivity contribution is -0.141. The summed E-state index contributed by atoms with van der Waals surface area (Å²) in [5.41, 5.74) is 22.3. The molecule has 1 heterocycles. The number of primary amides is 3. The quantitative estimate of drug-likeness (QED) is 0.0470. The summed E-state index contributed by atoms with van der Waals surface area (Å²) in [4.78, 5) is 140. The van der Waals surface area contributed by atoms with Gasteiger partial charge in [-0.05, 0) is 31.9 Å². The van der Waals surface area contributed by atoms with E-state index >= 15 is 0 Å². The lowest BCUT2D eigenvalue weighted by atomic mass is 10.0. The molecule has 0 spiro atoms. The fourth-order valence-corrected chi connectivity index (χ4v) is 5.28. The van der Waals surface area contributed by atoms with E-state index < -0.39 is 140 Å². The predicted molar refractivity (Wildman–Crippen MR) is 199 cm³/mol. The highest BCUT2D eigenvalue weighted by molar-refractivity contribution is 5.99. The third-order valence-corrected chi connectivity index (χ3v) is 8.29. The summed E-state index contributed by atoms with van der Waals surface area (Å²) < 4.78 is 0. The molecule has 2 rings (SSSR count). The van der Waals surface area contributed by atoms with Gasteiger partial charge in [0.2, 0.25) is 53.2 Å². The van der Waals surface area contributed by atoms with Crippen LogP contribution >= 0.6 is 0 Å². The minimum absolute atomic E-state index is 0.267. The van der Waals surface area contributed by atoms with Crippen molar-refractivity contribution in [1.82, 2.24) is 36.9 Å². The highest BCUT2D eigenvalue weighted by Gasteiger charge is 2.34. The Labute approximate surface area is 329 Å². The summed E-state index contributed by atoms with van der Waals surface area (Å²) in [6.07, 6.45) is -2.33. The van der Waals surface area contributed by atoms with Crippen molar-refractivity contribution in [3.63, 3.8) is 0 Å². The number of rotatable bonds is 24. The molecule has 0 fully saturated rings. The number of nitrogens with two attached hydrogens (primary N) is 4. The number of para-hydroxylation sites is 1. The second-order valence-corrected chi connectivity index (χ2v) is 13.2. The van der Waals surface area contributed by atoms with Crippen molar-refractivity contribution in [3.8, 4) is 0 Å². The molecule has 17 N–H and O–H groups in total. The number of benzene rings is 1. The average molecular weight is 818 g/mol. The molecular formula is C34H47N11O13. The van der Waals surface area contributed by atoms with E-state index in [9.17, 15) is 57.8 Å². The van der Waals surface area contributed by atoms with Gasteiger partial charge in [-0.1, -0.05) is 18.2 Å². The van der Waals surface area contributed by atoms with Crippen LogP contribution in [0, 0.1) is 0 Å². The first-order valence-electron chi connectivity index (χ1n) is 17.5. The minimum atomic E-state index is -1.85. The first kappa shape index (κ1) is 47.0. The zero-order chi connectivity index (χ0) is 43.9. The zero-order valence-electron chi connectivity index (χ0n) is 31.4. The Kier molecular flexibility index (Phi) is 17.7. The fraction of sp³-hybridized carbons (Fsp3) is 0.441. The second-order valence-electron chi connectivity index (χ2n) is 13.2. The smallest absolute Gasteiger partial charge is 0.305 e. The molecule has 58 heavy (non-hydrogen) atoms. The topological polar surface area (TPSA) is 420 Å². The molecular weight excluding hydrogens is 770 g/mol. The maximum Gasteiger partial charge on any atom is 0.305 e. The van der Waals surface area contributed by atoms with Crippen molar-refractivity contribution in [2.24, 2.45) is 22.9 Å². The van der Waals surface area contributed by atoms with Crippen LogP contribution in [0.1, 0.15) is 51.5 Å². The molecule has 2 aromatic rings. The summed E-state index contributed by atoms with van der Waals surface area (Å²) in [6.45, 7) is 2.45. The van der Waals surface area contributed by atoms with Crippen molar-refractivity contribution in [3.05, 3.63) is 36.0 Å². The maximum absolute atomic E-state index is 13.8. The number of amides is 9. The van der Waals surface area contributed by atoms with E-state index in [2.05, 4.69) is 31.6 Å². The third-order valence-electron chi connectivity index (χ3n) is 8.29. The van der Waals surface area contributed by atoms with Crippen LogP contribution in [0.25, 0.3) is 10.9 Å². The molecule has 1 aromatic heterocycles. The Bertz CT molecular complexity index is 1910. The SMILES string of the molecule is C[C@H](N)C(=O)N[C@@H](CCC(=O)O)C(=O)N[C@@H](CC(N)=O)C(=O)N[C@@H](Cc1c[nH]c2ccccc12)C(=O)N[C@@H](C)C(=O)N[C@@H](CC(=O)O)C(=O)N[C@@H](CC(N)=O)C(N)=O. The van der Waals surface area contributed by atoms with Crippen LogP contribution in [-0.4, -0.2) is 123 Å². The highest BCUT2D eigenvalue weighted by atomic mass is 16.4. The summed E-state index contributed by atoms with van der Waals surface area (Å²) in [6, 6.07) is -4.16. The summed E-state index contributed by atoms with van der Waals surface area (Å²) in [7, 11) is 0. The number of nitrogens with one attached hydrogen (secondary N) is 7. The van der Waals surface area contributed by atoms with Crippen molar-refractivity contribution in [2.45, 2.75) is 94.7 Å². The van der Waals surface area contributed by atoms with E-state index in [1.54, 1.807) is 24.3 Å². The number of fused-ring (bicyclic) bond motifs is 1. The fourth-order valence-electron chi connectivity index (χ4n) is 5.28. The number of carbonyl (C=O) groups is 11. The van der Waals surface area contributed by atoms with Crippen LogP contribution in [0.2, 0.25) is 0 Å². The van der Waals surface area contributed by atoms with Gasteiger partial charge in [-0.25, -0.2) is 0 Å².